The SMILES string of the molecule is Cc1ccc(F)c(N2C(=O)C(C(C)C)NC(=O)C2C)c1. The molecule has 0 spiro atoms. The number of carbonyl (C=O) groups excluding carboxylic acids is 2. The summed E-state index contributed by atoms with van der Waals surface area (Å²) in [6, 6.07) is 3.23. The number of aryl methyl sites for hydroxylation is 1. The molecule has 1 heterocycles. The summed E-state index contributed by atoms with van der Waals surface area (Å²) < 4.78 is 14.0. The molecular weight excluding hydrogens is 259 g/mol. The molecule has 1 aromatic rings. The third-order valence-electron chi connectivity index (χ3n) is 3.60. The third-order valence-corrected chi connectivity index (χ3v) is 3.60. The first kappa shape index (κ1) is 14.5. The highest BCUT2D eigenvalue weighted by molar-refractivity contribution is 6.08. The minimum Gasteiger partial charge on any atom is -0.342 e. The van der Waals surface area contributed by atoms with E-state index in [4.69, 9.17) is 0 Å². The van der Waals surface area contributed by atoms with Gasteiger partial charge in [-0.25, -0.2) is 4.39 Å². The molecule has 1 saturated heterocycles. The van der Waals surface area contributed by atoms with Crippen LogP contribution in [0.5, 0.6) is 0 Å². The maximum absolute atomic E-state index is 14.0. The van der Waals surface area contributed by atoms with Gasteiger partial charge in [0.05, 0.1) is 5.69 Å². The number of piperazine rings is 1. The van der Waals surface area contributed by atoms with Crippen molar-refractivity contribution in [3.05, 3.63) is 29.6 Å². The van der Waals surface area contributed by atoms with Gasteiger partial charge in [0, 0.05) is 0 Å². The molecule has 0 radical (unpaired) electrons. The molecular formula is C15H19FN2O2. The monoisotopic (exact) mass is 278 g/mol. The van der Waals surface area contributed by atoms with Crippen LogP contribution in [0.1, 0.15) is 26.3 Å². The lowest BCUT2D eigenvalue weighted by molar-refractivity contribution is -0.134. The Balaban J connectivity index is 2.48. The fourth-order valence-corrected chi connectivity index (χ4v) is 2.38. The lowest BCUT2D eigenvalue weighted by atomic mass is 9.97. The molecule has 0 bridgehead atoms. The molecule has 0 saturated carbocycles. The summed E-state index contributed by atoms with van der Waals surface area (Å²) >= 11 is 0. The summed E-state index contributed by atoms with van der Waals surface area (Å²) in [5.74, 6) is -1.07. The van der Waals surface area contributed by atoms with Crippen LogP contribution in [0.15, 0.2) is 18.2 Å². The maximum Gasteiger partial charge on any atom is 0.250 e. The molecule has 1 fully saturated rings. The standard InChI is InChI=1S/C15H19FN2O2/c1-8(2)13-15(20)18(10(4)14(19)17-13)12-7-9(3)5-6-11(12)16/h5-8,10,13H,1-4H3,(H,17,19). The van der Waals surface area contributed by atoms with Gasteiger partial charge in [-0.2, -0.15) is 0 Å². The second kappa shape index (κ2) is 5.23. The second-order valence-electron chi connectivity index (χ2n) is 5.57. The van der Waals surface area contributed by atoms with Crippen molar-refractivity contribution in [2.24, 2.45) is 5.92 Å². The zero-order valence-corrected chi connectivity index (χ0v) is 12.1. The third kappa shape index (κ3) is 2.40. The Kier molecular flexibility index (Phi) is 3.79. The van der Waals surface area contributed by atoms with Crippen molar-refractivity contribution in [1.82, 2.24) is 5.32 Å². The largest absolute Gasteiger partial charge is 0.342 e. The maximum atomic E-state index is 14.0. The topological polar surface area (TPSA) is 49.4 Å². The molecule has 1 N–H and O–H groups in total. The van der Waals surface area contributed by atoms with Gasteiger partial charge in [-0.1, -0.05) is 19.9 Å². The molecule has 1 aliphatic rings. The van der Waals surface area contributed by atoms with E-state index in [-0.39, 0.29) is 23.4 Å². The highest BCUT2D eigenvalue weighted by Crippen LogP contribution is 2.27. The van der Waals surface area contributed by atoms with Crippen LogP contribution in [0.4, 0.5) is 10.1 Å². The predicted molar refractivity (Wildman–Crippen MR) is 74.9 cm³/mol. The number of carbonyl (C=O) groups is 2. The molecule has 0 aliphatic carbocycles. The Morgan fingerprint density at radius 1 is 1.30 bits per heavy atom. The van der Waals surface area contributed by atoms with Crippen LogP contribution >= 0.6 is 0 Å². The first-order valence-corrected chi connectivity index (χ1v) is 6.72. The first-order valence-electron chi connectivity index (χ1n) is 6.72. The van der Waals surface area contributed by atoms with E-state index in [0.717, 1.165) is 5.56 Å². The Labute approximate surface area is 118 Å². The molecule has 2 unspecified atom stereocenters. The van der Waals surface area contributed by atoms with Crippen molar-refractivity contribution < 1.29 is 14.0 Å². The summed E-state index contributed by atoms with van der Waals surface area (Å²) in [6.45, 7) is 7.13. The quantitative estimate of drug-likeness (QED) is 0.899. The molecule has 1 aliphatic heterocycles. The van der Waals surface area contributed by atoms with Gasteiger partial charge in [-0.05, 0) is 37.5 Å². The minimum absolute atomic E-state index is 0.0469. The number of halogens is 1. The number of rotatable bonds is 2. The van der Waals surface area contributed by atoms with Gasteiger partial charge in [0.25, 0.3) is 5.91 Å². The molecule has 108 valence electrons. The average Bonchev–Trinajstić information content (AvgIpc) is 2.37. The smallest absolute Gasteiger partial charge is 0.250 e. The van der Waals surface area contributed by atoms with Crippen LogP contribution in [-0.4, -0.2) is 23.9 Å². The zero-order valence-electron chi connectivity index (χ0n) is 12.1. The number of nitrogens with one attached hydrogen (secondary N) is 1. The van der Waals surface area contributed by atoms with Crippen LogP contribution in [0.25, 0.3) is 0 Å². The van der Waals surface area contributed by atoms with Crippen molar-refractivity contribution in [1.29, 1.82) is 0 Å². The second-order valence-corrected chi connectivity index (χ2v) is 5.57. The van der Waals surface area contributed by atoms with E-state index in [0.29, 0.717) is 0 Å². The molecule has 2 atom stereocenters. The lowest BCUT2D eigenvalue weighted by Gasteiger charge is -2.39. The van der Waals surface area contributed by atoms with Crippen LogP contribution in [-0.2, 0) is 9.59 Å². The van der Waals surface area contributed by atoms with Crippen LogP contribution in [0, 0.1) is 18.7 Å². The summed E-state index contributed by atoms with van der Waals surface area (Å²) in [7, 11) is 0. The molecule has 2 amide bonds. The van der Waals surface area contributed by atoms with Crippen LogP contribution in [0.2, 0.25) is 0 Å². The Bertz CT molecular complexity index is 557. The molecule has 20 heavy (non-hydrogen) atoms. The number of benzene rings is 1. The van der Waals surface area contributed by atoms with E-state index in [2.05, 4.69) is 5.32 Å². The number of amides is 2. The van der Waals surface area contributed by atoms with E-state index >= 15 is 0 Å². The summed E-state index contributed by atoms with van der Waals surface area (Å²) in [5.41, 5.74) is 1.01. The highest BCUT2D eigenvalue weighted by atomic mass is 19.1. The number of hydrogen-bond donors (Lipinski definition) is 1. The zero-order chi connectivity index (χ0) is 15.0. The summed E-state index contributed by atoms with van der Waals surface area (Å²) in [6.07, 6.45) is 0. The van der Waals surface area contributed by atoms with Gasteiger partial charge < -0.3 is 5.32 Å². The van der Waals surface area contributed by atoms with E-state index in [1.165, 1.54) is 11.0 Å². The van der Waals surface area contributed by atoms with Gasteiger partial charge in [0.2, 0.25) is 5.91 Å². The summed E-state index contributed by atoms with van der Waals surface area (Å²) in [5, 5.41) is 2.70. The van der Waals surface area contributed by atoms with Crippen LogP contribution < -0.4 is 10.2 Å². The van der Waals surface area contributed by atoms with Crippen molar-refractivity contribution in [2.45, 2.75) is 39.8 Å². The molecule has 5 heteroatoms. The molecule has 0 aromatic heterocycles. The Morgan fingerprint density at radius 3 is 2.55 bits per heavy atom. The van der Waals surface area contributed by atoms with E-state index in [1.807, 2.05) is 20.8 Å². The number of hydrogen-bond acceptors (Lipinski definition) is 2. The molecule has 2 rings (SSSR count). The highest BCUT2D eigenvalue weighted by Gasteiger charge is 2.41. The van der Waals surface area contributed by atoms with E-state index in [1.54, 1.807) is 19.1 Å². The molecule has 4 nitrogen and oxygen atoms in total. The first-order chi connectivity index (χ1) is 9.32. The minimum atomic E-state index is -0.714. The fourth-order valence-electron chi connectivity index (χ4n) is 2.38. The van der Waals surface area contributed by atoms with Crippen molar-refractivity contribution in [3.8, 4) is 0 Å². The number of nitrogens with zero attached hydrogens (tertiary/aromatic N) is 1. The Morgan fingerprint density at radius 2 is 1.95 bits per heavy atom. The summed E-state index contributed by atoms with van der Waals surface area (Å²) in [4.78, 5) is 25.8. The van der Waals surface area contributed by atoms with Crippen molar-refractivity contribution in [3.63, 3.8) is 0 Å². The van der Waals surface area contributed by atoms with Gasteiger partial charge >= 0.3 is 0 Å². The Hall–Kier alpha value is -1.91. The normalized spacial score (nSPS) is 23.2. The van der Waals surface area contributed by atoms with Gasteiger partial charge in [-0.3, -0.25) is 14.5 Å². The van der Waals surface area contributed by atoms with Gasteiger partial charge in [0.15, 0.2) is 0 Å². The van der Waals surface area contributed by atoms with E-state index < -0.39 is 17.9 Å². The molecule has 1 aromatic carbocycles. The predicted octanol–water partition coefficient (Wildman–Crippen LogP) is 2.01. The lowest BCUT2D eigenvalue weighted by Crippen LogP contribution is -2.64. The van der Waals surface area contributed by atoms with Crippen LogP contribution in [0.3, 0.4) is 0 Å². The van der Waals surface area contributed by atoms with E-state index in [9.17, 15) is 14.0 Å². The van der Waals surface area contributed by atoms with Gasteiger partial charge in [-0.15, -0.1) is 0 Å². The van der Waals surface area contributed by atoms with Crippen molar-refractivity contribution in [2.75, 3.05) is 4.90 Å². The van der Waals surface area contributed by atoms with Gasteiger partial charge in [0.1, 0.15) is 17.9 Å². The average molecular weight is 278 g/mol. The fraction of sp³-hybridized carbons (Fsp3) is 0.467. The van der Waals surface area contributed by atoms with Crippen molar-refractivity contribution >= 4 is 17.5 Å². The number of anilines is 1.